The molecule has 0 aliphatic rings. The van der Waals surface area contributed by atoms with Crippen LogP contribution in [0.5, 0.6) is 11.5 Å². The standard InChI is InChI=1S/C31H26N2O4/c1-22-30(31(34)37-21-25-15-9-4-10-16-25)33-27-18-29(36-20-24-13-7-3-8-14-24)28(17-26(27)32-22)35-19-23-11-5-2-6-12-23/h2-18H,19-21H2,1H3. The predicted octanol–water partition coefficient (Wildman–Crippen LogP) is 6.45. The molecule has 0 bridgehead atoms. The highest BCUT2D eigenvalue weighted by Gasteiger charge is 2.18. The summed E-state index contributed by atoms with van der Waals surface area (Å²) in [5.74, 6) is 0.557. The molecule has 5 aromatic rings. The molecule has 0 saturated carbocycles. The summed E-state index contributed by atoms with van der Waals surface area (Å²) >= 11 is 0. The van der Waals surface area contributed by atoms with Gasteiger partial charge in [0.05, 0.1) is 16.7 Å². The molecule has 6 heteroatoms. The van der Waals surface area contributed by atoms with Gasteiger partial charge in [0.2, 0.25) is 0 Å². The number of hydrogen-bond donors (Lipinski definition) is 0. The Bertz CT molecular complexity index is 1490. The molecule has 0 amide bonds. The fraction of sp³-hybridized carbons (Fsp3) is 0.129. The quantitative estimate of drug-likeness (QED) is 0.221. The van der Waals surface area contributed by atoms with Crippen LogP contribution in [0.3, 0.4) is 0 Å². The Balaban J connectivity index is 1.42. The number of carbonyl (C=O) groups excluding carboxylic acids is 1. The van der Waals surface area contributed by atoms with Crippen LogP contribution in [-0.4, -0.2) is 15.9 Å². The molecule has 0 aliphatic heterocycles. The second-order valence-electron chi connectivity index (χ2n) is 8.56. The van der Waals surface area contributed by atoms with Crippen LogP contribution in [0, 0.1) is 6.92 Å². The van der Waals surface area contributed by atoms with Crippen molar-refractivity contribution in [3.05, 3.63) is 131 Å². The van der Waals surface area contributed by atoms with Crippen molar-refractivity contribution >= 4 is 17.0 Å². The zero-order valence-electron chi connectivity index (χ0n) is 20.5. The van der Waals surface area contributed by atoms with Crippen LogP contribution in [0.15, 0.2) is 103 Å². The third kappa shape index (κ3) is 6.11. The molecule has 0 saturated heterocycles. The van der Waals surface area contributed by atoms with E-state index in [4.69, 9.17) is 14.2 Å². The Morgan fingerprint density at radius 1 is 0.622 bits per heavy atom. The second-order valence-corrected chi connectivity index (χ2v) is 8.56. The van der Waals surface area contributed by atoms with Crippen LogP contribution in [-0.2, 0) is 24.6 Å². The summed E-state index contributed by atoms with van der Waals surface area (Å²) in [6.45, 7) is 2.65. The minimum Gasteiger partial charge on any atom is -0.485 e. The van der Waals surface area contributed by atoms with Gasteiger partial charge in [-0.15, -0.1) is 0 Å². The van der Waals surface area contributed by atoms with Crippen LogP contribution in [0.25, 0.3) is 11.0 Å². The fourth-order valence-corrected chi connectivity index (χ4v) is 3.83. The van der Waals surface area contributed by atoms with E-state index in [9.17, 15) is 4.79 Å². The number of ether oxygens (including phenoxy) is 3. The lowest BCUT2D eigenvalue weighted by Gasteiger charge is -2.15. The molecule has 0 N–H and O–H groups in total. The number of benzene rings is 4. The van der Waals surface area contributed by atoms with E-state index in [-0.39, 0.29) is 12.3 Å². The highest BCUT2D eigenvalue weighted by Crippen LogP contribution is 2.33. The summed E-state index contributed by atoms with van der Waals surface area (Å²) in [5.41, 5.74) is 4.75. The van der Waals surface area contributed by atoms with E-state index >= 15 is 0 Å². The number of rotatable bonds is 9. The third-order valence-corrected chi connectivity index (χ3v) is 5.78. The maximum Gasteiger partial charge on any atom is 0.359 e. The molecule has 0 radical (unpaired) electrons. The smallest absolute Gasteiger partial charge is 0.359 e. The van der Waals surface area contributed by atoms with E-state index in [0.29, 0.717) is 41.4 Å². The minimum atomic E-state index is -0.521. The van der Waals surface area contributed by atoms with Gasteiger partial charge in [0, 0.05) is 12.1 Å². The number of aryl methyl sites for hydroxylation is 1. The van der Waals surface area contributed by atoms with Crippen molar-refractivity contribution < 1.29 is 19.0 Å². The molecule has 1 aromatic heterocycles. The van der Waals surface area contributed by atoms with Gasteiger partial charge in [-0.1, -0.05) is 91.0 Å². The first-order valence-corrected chi connectivity index (χ1v) is 12.0. The summed E-state index contributed by atoms with van der Waals surface area (Å²) in [6.07, 6.45) is 0. The maximum absolute atomic E-state index is 12.8. The monoisotopic (exact) mass is 490 g/mol. The van der Waals surface area contributed by atoms with Crippen molar-refractivity contribution in [3.8, 4) is 11.5 Å². The molecule has 1 heterocycles. The van der Waals surface area contributed by atoms with Gasteiger partial charge in [-0.3, -0.25) is 0 Å². The second kappa shape index (κ2) is 11.4. The van der Waals surface area contributed by atoms with Gasteiger partial charge in [-0.25, -0.2) is 14.8 Å². The average Bonchev–Trinajstić information content (AvgIpc) is 2.95. The summed E-state index contributed by atoms with van der Waals surface area (Å²) < 4.78 is 17.8. The van der Waals surface area contributed by atoms with Crippen molar-refractivity contribution in [1.29, 1.82) is 0 Å². The maximum atomic E-state index is 12.8. The van der Waals surface area contributed by atoms with Crippen LogP contribution in [0.2, 0.25) is 0 Å². The van der Waals surface area contributed by atoms with E-state index in [1.54, 1.807) is 19.1 Å². The van der Waals surface area contributed by atoms with Crippen molar-refractivity contribution in [3.63, 3.8) is 0 Å². The van der Waals surface area contributed by atoms with Crippen LogP contribution < -0.4 is 9.47 Å². The third-order valence-electron chi connectivity index (χ3n) is 5.78. The Hall–Kier alpha value is -4.71. The largest absolute Gasteiger partial charge is 0.485 e. The average molecular weight is 491 g/mol. The van der Waals surface area contributed by atoms with E-state index in [1.807, 2.05) is 91.0 Å². The van der Waals surface area contributed by atoms with Gasteiger partial charge in [0.1, 0.15) is 19.8 Å². The first-order valence-electron chi connectivity index (χ1n) is 12.0. The normalized spacial score (nSPS) is 10.7. The molecule has 0 spiro atoms. The number of esters is 1. The molecule has 5 rings (SSSR count). The molecule has 0 atom stereocenters. The Morgan fingerprint density at radius 2 is 1.05 bits per heavy atom. The van der Waals surface area contributed by atoms with Gasteiger partial charge in [-0.2, -0.15) is 0 Å². The first kappa shape index (κ1) is 24.0. The topological polar surface area (TPSA) is 70.5 Å². The zero-order chi connectivity index (χ0) is 25.5. The summed E-state index contributed by atoms with van der Waals surface area (Å²) in [5, 5.41) is 0. The van der Waals surface area contributed by atoms with E-state index in [2.05, 4.69) is 9.97 Å². The Morgan fingerprint density at radius 3 is 1.54 bits per heavy atom. The molecule has 4 aromatic carbocycles. The van der Waals surface area contributed by atoms with E-state index < -0.39 is 5.97 Å². The van der Waals surface area contributed by atoms with Crippen LogP contribution in [0.1, 0.15) is 32.9 Å². The molecule has 184 valence electrons. The number of fused-ring (bicyclic) bond motifs is 1. The molecule has 0 fully saturated rings. The number of aromatic nitrogens is 2. The molecule has 0 aliphatic carbocycles. The van der Waals surface area contributed by atoms with Crippen LogP contribution in [0.4, 0.5) is 0 Å². The highest BCUT2D eigenvalue weighted by molar-refractivity contribution is 5.91. The molecular formula is C31H26N2O4. The lowest BCUT2D eigenvalue weighted by molar-refractivity contribution is 0.0464. The summed E-state index contributed by atoms with van der Waals surface area (Å²) in [6, 6.07) is 32.9. The summed E-state index contributed by atoms with van der Waals surface area (Å²) in [4.78, 5) is 22.0. The first-order chi connectivity index (χ1) is 18.2. The highest BCUT2D eigenvalue weighted by atomic mass is 16.5. The van der Waals surface area contributed by atoms with Crippen molar-refractivity contribution in [2.75, 3.05) is 0 Å². The predicted molar refractivity (Wildman–Crippen MR) is 141 cm³/mol. The van der Waals surface area contributed by atoms with E-state index in [0.717, 1.165) is 16.7 Å². The molecular weight excluding hydrogens is 464 g/mol. The molecule has 6 nitrogen and oxygen atoms in total. The fourth-order valence-electron chi connectivity index (χ4n) is 3.83. The van der Waals surface area contributed by atoms with Gasteiger partial charge in [-0.05, 0) is 23.6 Å². The molecule has 0 unspecified atom stereocenters. The van der Waals surface area contributed by atoms with Crippen molar-refractivity contribution in [2.24, 2.45) is 0 Å². The number of nitrogens with zero attached hydrogens (tertiary/aromatic N) is 2. The van der Waals surface area contributed by atoms with Crippen molar-refractivity contribution in [1.82, 2.24) is 9.97 Å². The zero-order valence-corrected chi connectivity index (χ0v) is 20.5. The van der Waals surface area contributed by atoms with Gasteiger partial charge in [0.25, 0.3) is 0 Å². The Labute approximate surface area is 215 Å². The van der Waals surface area contributed by atoms with Crippen LogP contribution >= 0.6 is 0 Å². The van der Waals surface area contributed by atoms with Gasteiger partial charge in [0.15, 0.2) is 17.2 Å². The van der Waals surface area contributed by atoms with E-state index in [1.165, 1.54) is 0 Å². The number of hydrogen-bond acceptors (Lipinski definition) is 6. The lowest BCUT2D eigenvalue weighted by Crippen LogP contribution is -2.11. The minimum absolute atomic E-state index is 0.163. The summed E-state index contributed by atoms with van der Waals surface area (Å²) in [7, 11) is 0. The van der Waals surface area contributed by atoms with Gasteiger partial charge >= 0.3 is 5.97 Å². The lowest BCUT2D eigenvalue weighted by atomic mass is 10.2. The SMILES string of the molecule is Cc1nc2cc(OCc3ccccc3)c(OCc3ccccc3)cc2nc1C(=O)OCc1ccccc1. The Kier molecular flexibility index (Phi) is 7.36. The number of carbonyl (C=O) groups is 1. The van der Waals surface area contributed by atoms with Crippen molar-refractivity contribution in [2.45, 2.75) is 26.7 Å². The molecule has 37 heavy (non-hydrogen) atoms. The van der Waals surface area contributed by atoms with Gasteiger partial charge < -0.3 is 14.2 Å².